The molecule has 0 unspecified atom stereocenters. The number of fused-ring (bicyclic) bond motifs is 1. The number of halogens is 1. The van der Waals surface area contributed by atoms with Crippen molar-refractivity contribution >= 4 is 5.91 Å². The summed E-state index contributed by atoms with van der Waals surface area (Å²) in [4.78, 5) is 21.7. The maximum Gasteiger partial charge on any atom is 0.228 e. The van der Waals surface area contributed by atoms with Gasteiger partial charge in [-0.3, -0.25) is 14.7 Å². The van der Waals surface area contributed by atoms with Crippen LogP contribution in [-0.2, 0) is 24.2 Å². The fourth-order valence-electron chi connectivity index (χ4n) is 5.99. The molecule has 1 fully saturated rings. The number of benzene rings is 2. The Morgan fingerprint density at radius 1 is 0.921 bits per heavy atom. The third kappa shape index (κ3) is 6.79. The molecule has 0 aliphatic carbocycles. The standard InChI is InChI=1S/C32H38FN3O2/c33-29-13-3-1-11-27(29)24-35-21-22-38-30-14-4-2-9-26(30)10-5-7-15-32(25-35)16-19-36(20-17-32)31(37)23-28-12-6-8-18-34-28/h1-4,6,8-9,11-14,18H,5,7,10,15-17,19-25H2. The third-order valence-corrected chi connectivity index (χ3v) is 8.19. The highest BCUT2D eigenvalue weighted by Gasteiger charge is 2.37. The van der Waals surface area contributed by atoms with Gasteiger partial charge in [0.05, 0.1) is 6.42 Å². The topological polar surface area (TPSA) is 45.7 Å². The number of ether oxygens (including phenoxy) is 1. The Morgan fingerprint density at radius 2 is 1.71 bits per heavy atom. The molecule has 3 heterocycles. The normalized spacial score (nSPS) is 18.6. The first-order chi connectivity index (χ1) is 18.6. The number of piperidine rings is 1. The summed E-state index contributed by atoms with van der Waals surface area (Å²) in [6.07, 6.45) is 8.39. The highest BCUT2D eigenvalue weighted by molar-refractivity contribution is 5.78. The second-order valence-electron chi connectivity index (χ2n) is 10.8. The van der Waals surface area contributed by atoms with Crippen LogP contribution in [0.5, 0.6) is 5.75 Å². The summed E-state index contributed by atoms with van der Waals surface area (Å²) >= 11 is 0. The average Bonchev–Trinajstić information content (AvgIpc) is 2.93. The van der Waals surface area contributed by atoms with Gasteiger partial charge in [0.1, 0.15) is 18.2 Å². The van der Waals surface area contributed by atoms with Crippen LogP contribution >= 0.6 is 0 Å². The summed E-state index contributed by atoms with van der Waals surface area (Å²) in [6.45, 7) is 4.26. The molecule has 6 heteroatoms. The van der Waals surface area contributed by atoms with Crippen molar-refractivity contribution in [1.29, 1.82) is 0 Å². The van der Waals surface area contributed by atoms with Gasteiger partial charge >= 0.3 is 0 Å². The summed E-state index contributed by atoms with van der Waals surface area (Å²) in [5.41, 5.74) is 2.90. The molecule has 5 rings (SSSR count). The summed E-state index contributed by atoms with van der Waals surface area (Å²) in [6, 6.07) is 21.1. The number of rotatable bonds is 4. The number of hydrogen-bond acceptors (Lipinski definition) is 4. The molecule has 2 aliphatic rings. The van der Waals surface area contributed by atoms with Crippen molar-refractivity contribution in [3.63, 3.8) is 0 Å². The van der Waals surface area contributed by atoms with E-state index in [0.717, 1.165) is 81.7 Å². The van der Waals surface area contributed by atoms with E-state index in [0.29, 0.717) is 19.6 Å². The number of carbonyl (C=O) groups is 1. The number of carbonyl (C=O) groups excluding carboxylic acids is 1. The van der Waals surface area contributed by atoms with E-state index in [-0.39, 0.29) is 17.1 Å². The van der Waals surface area contributed by atoms with Gasteiger partial charge in [-0.15, -0.1) is 0 Å². The fraction of sp³-hybridized carbons (Fsp3) is 0.438. The second kappa shape index (κ2) is 12.5. The first-order valence-corrected chi connectivity index (χ1v) is 13.9. The number of para-hydroxylation sites is 1. The molecule has 0 atom stereocenters. The van der Waals surface area contributed by atoms with Gasteiger partial charge in [0.2, 0.25) is 5.91 Å². The number of amides is 1. The maximum absolute atomic E-state index is 14.6. The Morgan fingerprint density at radius 3 is 2.53 bits per heavy atom. The average molecular weight is 516 g/mol. The SMILES string of the molecule is O=C(Cc1ccccn1)N1CCC2(CCCCc3ccccc3OCCN(Cc3ccccc3F)C2)CC1. The Bertz CT molecular complexity index is 1190. The van der Waals surface area contributed by atoms with Crippen molar-refractivity contribution in [2.24, 2.45) is 5.41 Å². The molecule has 2 aliphatic heterocycles. The van der Waals surface area contributed by atoms with Gasteiger partial charge in [-0.25, -0.2) is 4.39 Å². The van der Waals surface area contributed by atoms with Gasteiger partial charge in [-0.1, -0.05) is 48.9 Å². The van der Waals surface area contributed by atoms with Crippen molar-refractivity contribution in [2.45, 2.75) is 51.5 Å². The van der Waals surface area contributed by atoms with Gasteiger partial charge in [0, 0.05) is 50.2 Å². The molecule has 1 amide bonds. The van der Waals surface area contributed by atoms with Gasteiger partial charge in [-0.05, 0) is 67.3 Å². The summed E-state index contributed by atoms with van der Waals surface area (Å²) < 4.78 is 20.9. The first kappa shape index (κ1) is 26.4. The van der Waals surface area contributed by atoms with Crippen molar-refractivity contribution in [1.82, 2.24) is 14.8 Å². The van der Waals surface area contributed by atoms with E-state index in [9.17, 15) is 9.18 Å². The number of aromatic nitrogens is 1. The molecular formula is C32H38FN3O2. The molecule has 0 bridgehead atoms. The van der Waals surface area contributed by atoms with Crippen LogP contribution in [0.25, 0.3) is 0 Å². The van der Waals surface area contributed by atoms with E-state index in [2.05, 4.69) is 28.1 Å². The molecule has 1 spiro atoms. The predicted molar refractivity (Wildman–Crippen MR) is 147 cm³/mol. The highest BCUT2D eigenvalue weighted by atomic mass is 19.1. The molecule has 2 aromatic carbocycles. The van der Waals surface area contributed by atoms with E-state index >= 15 is 0 Å². The zero-order valence-corrected chi connectivity index (χ0v) is 22.2. The van der Waals surface area contributed by atoms with Crippen LogP contribution < -0.4 is 4.74 Å². The van der Waals surface area contributed by atoms with Crippen molar-refractivity contribution < 1.29 is 13.9 Å². The minimum atomic E-state index is -0.158. The third-order valence-electron chi connectivity index (χ3n) is 8.19. The van der Waals surface area contributed by atoms with Crippen molar-refractivity contribution in [2.75, 3.05) is 32.8 Å². The van der Waals surface area contributed by atoms with E-state index in [1.165, 1.54) is 5.56 Å². The molecule has 0 radical (unpaired) electrons. The lowest BCUT2D eigenvalue weighted by molar-refractivity contribution is -0.133. The molecular weight excluding hydrogens is 477 g/mol. The van der Waals surface area contributed by atoms with Gasteiger partial charge < -0.3 is 9.64 Å². The predicted octanol–water partition coefficient (Wildman–Crippen LogP) is 5.68. The Kier molecular flexibility index (Phi) is 8.69. The molecule has 0 N–H and O–H groups in total. The molecule has 1 saturated heterocycles. The van der Waals surface area contributed by atoms with Crippen LogP contribution in [0.2, 0.25) is 0 Å². The lowest BCUT2D eigenvalue weighted by atomic mass is 9.73. The minimum Gasteiger partial charge on any atom is -0.492 e. The van der Waals surface area contributed by atoms with Crippen LogP contribution in [0, 0.1) is 11.2 Å². The van der Waals surface area contributed by atoms with E-state index in [1.807, 2.05) is 41.3 Å². The van der Waals surface area contributed by atoms with E-state index < -0.39 is 0 Å². The lowest BCUT2D eigenvalue weighted by Crippen LogP contribution is -2.49. The zero-order valence-electron chi connectivity index (χ0n) is 22.2. The van der Waals surface area contributed by atoms with Gasteiger partial charge in [-0.2, -0.15) is 0 Å². The van der Waals surface area contributed by atoms with Gasteiger partial charge in [0.15, 0.2) is 0 Å². The van der Waals surface area contributed by atoms with Gasteiger partial charge in [0.25, 0.3) is 0 Å². The Labute approximate surface area is 225 Å². The van der Waals surface area contributed by atoms with E-state index in [4.69, 9.17) is 4.74 Å². The number of likely N-dealkylation sites (tertiary alicyclic amines) is 1. The first-order valence-electron chi connectivity index (χ1n) is 13.9. The number of nitrogens with zero attached hydrogens (tertiary/aromatic N) is 3. The number of aryl methyl sites for hydroxylation is 1. The quantitative estimate of drug-likeness (QED) is 0.449. The van der Waals surface area contributed by atoms with Crippen LogP contribution in [-0.4, -0.2) is 53.5 Å². The zero-order chi connectivity index (χ0) is 26.2. The number of hydrogen-bond donors (Lipinski definition) is 0. The van der Waals surface area contributed by atoms with Crippen molar-refractivity contribution in [3.8, 4) is 5.75 Å². The lowest BCUT2D eigenvalue weighted by Gasteiger charge is -2.45. The van der Waals surface area contributed by atoms with Crippen LogP contribution in [0.1, 0.15) is 48.9 Å². The minimum absolute atomic E-state index is 0.103. The van der Waals surface area contributed by atoms with Crippen LogP contribution in [0.3, 0.4) is 0 Å². The highest BCUT2D eigenvalue weighted by Crippen LogP contribution is 2.39. The fourth-order valence-corrected chi connectivity index (χ4v) is 5.99. The molecule has 3 aromatic rings. The molecule has 0 saturated carbocycles. The van der Waals surface area contributed by atoms with E-state index in [1.54, 1.807) is 18.3 Å². The molecule has 5 nitrogen and oxygen atoms in total. The Hall–Kier alpha value is -3.25. The summed E-state index contributed by atoms with van der Waals surface area (Å²) in [5, 5.41) is 0. The second-order valence-corrected chi connectivity index (χ2v) is 10.8. The Balaban J connectivity index is 1.31. The smallest absolute Gasteiger partial charge is 0.228 e. The van der Waals surface area contributed by atoms with Crippen molar-refractivity contribution in [3.05, 3.63) is 95.6 Å². The number of pyridine rings is 1. The summed E-state index contributed by atoms with van der Waals surface area (Å²) in [7, 11) is 0. The van der Waals surface area contributed by atoms with Crippen LogP contribution in [0.15, 0.2) is 72.9 Å². The summed E-state index contributed by atoms with van der Waals surface area (Å²) in [5.74, 6) is 0.960. The maximum atomic E-state index is 14.6. The molecule has 200 valence electrons. The monoisotopic (exact) mass is 515 g/mol. The molecule has 1 aromatic heterocycles. The van der Waals surface area contributed by atoms with Crippen LogP contribution in [0.4, 0.5) is 4.39 Å². The largest absolute Gasteiger partial charge is 0.492 e. The molecule has 38 heavy (non-hydrogen) atoms.